The number of nitrogens with one attached hydrogen (secondary N) is 2. The minimum Gasteiger partial charge on any atom is -0.345 e. The fourth-order valence-corrected chi connectivity index (χ4v) is 3.81. The van der Waals surface area contributed by atoms with Gasteiger partial charge in [0, 0.05) is 11.2 Å². The molecule has 0 saturated carbocycles. The second-order valence-electron chi connectivity index (χ2n) is 6.67. The Hall–Kier alpha value is -2.87. The van der Waals surface area contributed by atoms with Crippen molar-refractivity contribution >= 4 is 58.1 Å². The molecule has 2 heterocycles. The number of nitrogens with zero attached hydrogens (tertiary/aromatic N) is 2. The Morgan fingerprint density at radius 1 is 1.06 bits per heavy atom. The predicted octanol–water partition coefficient (Wildman–Crippen LogP) is 4.71. The Kier molecular flexibility index (Phi) is 7.00. The number of Topliss-reactive ketones (excluding diaryl/α,β-unsaturated/α-hetero) is 1. The Balaban J connectivity index is 2.02. The van der Waals surface area contributed by atoms with Crippen LogP contribution in [-0.4, -0.2) is 33.7 Å². The summed E-state index contributed by atoms with van der Waals surface area (Å²) in [5.41, 5.74) is 0.941. The summed E-state index contributed by atoms with van der Waals surface area (Å²) in [4.78, 5) is 41.3. The van der Waals surface area contributed by atoms with E-state index in [1.165, 1.54) is 23.6 Å². The standard InChI is InChI=1S/C21H17Cl3N4O3/c1-11-7-13(22)8-14(20(30)26-10-12(2)29)18(11)27-21(31)19-15(23)9-16(24)28(19)17-5-3-4-6-25-17/h3-9H,10H2,1-2H3,(H,26,30)(H,27,31). The molecule has 7 nitrogen and oxygen atoms in total. The summed E-state index contributed by atoms with van der Waals surface area (Å²) < 4.78 is 1.40. The summed E-state index contributed by atoms with van der Waals surface area (Å²) in [6.07, 6.45) is 1.56. The molecule has 10 heteroatoms. The van der Waals surface area contributed by atoms with Gasteiger partial charge in [0.1, 0.15) is 22.4 Å². The van der Waals surface area contributed by atoms with E-state index >= 15 is 0 Å². The van der Waals surface area contributed by atoms with Crippen molar-refractivity contribution in [2.45, 2.75) is 13.8 Å². The molecule has 0 saturated heterocycles. The molecule has 0 aliphatic heterocycles. The first-order valence-electron chi connectivity index (χ1n) is 9.06. The summed E-state index contributed by atoms with van der Waals surface area (Å²) in [7, 11) is 0. The van der Waals surface area contributed by atoms with Crippen LogP contribution >= 0.6 is 34.8 Å². The lowest BCUT2D eigenvalue weighted by Crippen LogP contribution is -2.30. The van der Waals surface area contributed by atoms with Crippen LogP contribution in [0, 0.1) is 6.92 Å². The fraction of sp³-hybridized carbons (Fsp3) is 0.143. The zero-order valence-electron chi connectivity index (χ0n) is 16.5. The molecule has 0 unspecified atom stereocenters. The molecule has 31 heavy (non-hydrogen) atoms. The number of carbonyl (C=O) groups is 3. The maximum absolute atomic E-state index is 13.2. The largest absolute Gasteiger partial charge is 0.345 e. The molecule has 0 aliphatic carbocycles. The van der Waals surface area contributed by atoms with Crippen LogP contribution in [-0.2, 0) is 4.79 Å². The monoisotopic (exact) mass is 478 g/mol. The number of hydrogen-bond acceptors (Lipinski definition) is 4. The Morgan fingerprint density at radius 2 is 1.81 bits per heavy atom. The van der Waals surface area contributed by atoms with Crippen molar-refractivity contribution in [2.75, 3.05) is 11.9 Å². The van der Waals surface area contributed by atoms with E-state index in [-0.39, 0.29) is 39.4 Å². The Labute approximate surface area is 193 Å². The first-order chi connectivity index (χ1) is 14.7. The number of anilines is 1. The van der Waals surface area contributed by atoms with Gasteiger partial charge < -0.3 is 10.6 Å². The normalized spacial score (nSPS) is 10.6. The van der Waals surface area contributed by atoms with Gasteiger partial charge in [-0.25, -0.2) is 4.98 Å². The quantitative estimate of drug-likeness (QED) is 0.535. The molecule has 0 radical (unpaired) electrons. The highest BCUT2D eigenvalue weighted by Gasteiger charge is 2.24. The highest BCUT2D eigenvalue weighted by Crippen LogP contribution is 2.31. The molecule has 0 fully saturated rings. The molecule has 3 rings (SSSR count). The summed E-state index contributed by atoms with van der Waals surface area (Å²) in [5.74, 6) is -0.974. The molecule has 0 spiro atoms. The van der Waals surface area contributed by atoms with Crippen LogP contribution in [0.3, 0.4) is 0 Å². The Morgan fingerprint density at radius 3 is 2.45 bits per heavy atom. The third-order valence-electron chi connectivity index (χ3n) is 4.28. The molecule has 2 amide bonds. The molecule has 0 atom stereocenters. The van der Waals surface area contributed by atoms with E-state index in [0.29, 0.717) is 16.4 Å². The molecular formula is C21H17Cl3N4O3. The van der Waals surface area contributed by atoms with Gasteiger partial charge in [-0.15, -0.1) is 0 Å². The van der Waals surface area contributed by atoms with Crippen molar-refractivity contribution in [2.24, 2.45) is 0 Å². The summed E-state index contributed by atoms with van der Waals surface area (Å²) >= 11 is 18.7. The summed E-state index contributed by atoms with van der Waals surface area (Å²) in [6, 6.07) is 9.59. The Bertz CT molecular complexity index is 1180. The molecular weight excluding hydrogens is 463 g/mol. The SMILES string of the molecule is CC(=O)CNC(=O)c1cc(Cl)cc(C)c1NC(=O)c1c(Cl)cc(Cl)n1-c1ccccn1. The second-order valence-corrected chi connectivity index (χ2v) is 7.90. The lowest BCUT2D eigenvalue weighted by atomic mass is 10.1. The van der Waals surface area contributed by atoms with E-state index in [9.17, 15) is 14.4 Å². The zero-order chi connectivity index (χ0) is 22.7. The number of amides is 2. The topological polar surface area (TPSA) is 93.1 Å². The predicted molar refractivity (Wildman–Crippen MR) is 121 cm³/mol. The number of hydrogen-bond donors (Lipinski definition) is 2. The van der Waals surface area contributed by atoms with E-state index < -0.39 is 11.8 Å². The fourth-order valence-electron chi connectivity index (χ4n) is 2.93. The van der Waals surface area contributed by atoms with Crippen LogP contribution < -0.4 is 10.6 Å². The smallest absolute Gasteiger partial charge is 0.274 e. The number of benzene rings is 1. The first-order valence-corrected chi connectivity index (χ1v) is 10.2. The number of aromatic nitrogens is 2. The van der Waals surface area contributed by atoms with Gasteiger partial charge in [-0.3, -0.25) is 19.0 Å². The highest BCUT2D eigenvalue weighted by molar-refractivity contribution is 6.38. The lowest BCUT2D eigenvalue weighted by Gasteiger charge is -2.16. The average Bonchev–Trinajstić information content (AvgIpc) is 3.02. The van der Waals surface area contributed by atoms with Crippen LogP contribution in [0.25, 0.3) is 5.82 Å². The van der Waals surface area contributed by atoms with Gasteiger partial charge in [0.05, 0.1) is 22.8 Å². The molecule has 1 aromatic carbocycles. The van der Waals surface area contributed by atoms with Crippen molar-refractivity contribution in [3.05, 3.63) is 74.6 Å². The average molecular weight is 480 g/mol. The maximum atomic E-state index is 13.2. The number of ketones is 1. The molecule has 160 valence electrons. The lowest BCUT2D eigenvalue weighted by molar-refractivity contribution is -0.116. The minimum absolute atomic E-state index is 0.0508. The molecule has 2 N–H and O–H groups in total. The van der Waals surface area contributed by atoms with Gasteiger partial charge in [-0.2, -0.15) is 0 Å². The van der Waals surface area contributed by atoms with Crippen LogP contribution in [0.1, 0.15) is 33.3 Å². The van der Waals surface area contributed by atoms with Crippen molar-refractivity contribution in [1.29, 1.82) is 0 Å². The molecule has 0 bridgehead atoms. The van der Waals surface area contributed by atoms with Crippen LogP contribution in [0.4, 0.5) is 5.69 Å². The number of halogens is 3. The number of carbonyl (C=O) groups excluding carboxylic acids is 3. The van der Waals surface area contributed by atoms with Crippen molar-refractivity contribution in [1.82, 2.24) is 14.9 Å². The van der Waals surface area contributed by atoms with E-state index in [1.54, 1.807) is 37.4 Å². The zero-order valence-corrected chi connectivity index (χ0v) is 18.8. The van der Waals surface area contributed by atoms with Crippen molar-refractivity contribution < 1.29 is 14.4 Å². The van der Waals surface area contributed by atoms with Gasteiger partial charge in [-0.1, -0.05) is 40.9 Å². The van der Waals surface area contributed by atoms with E-state index in [0.717, 1.165) is 0 Å². The van der Waals surface area contributed by atoms with Gasteiger partial charge in [0.15, 0.2) is 0 Å². The van der Waals surface area contributed by atoms with E-state index in [4.69, 9.17) is 34.8 Å². The van der Waals surface area contributed by atoms with Crippen LogP contribution in [0.15, 0.2) is 42.6 Å². The van der Waals surface area contributed by atoms with Gasteiger partial charge in [0.25, 0.3) is 11.8 Å². The van der Waals surface area contributed by atoms with E-state index in [1.807, 2.05) is 0 Å². The second kappa shape index (κ2) is 9.51. The number of rotatable bonds is 6. The molecule has 2 aromatic heterocycles. The molecule has 3 aromatic rings. The number of pyridine rings is 1. The highest BCUT2D eigenvalue weighted by atomic mass is 35.5. The third kappa shape index (κ3) is 5.07. The van der Waals surface area contributed by atoms with Crippen LogP contribution in [0.2, 0.25) is 15.2 Å². The summed E-state index contributed by atoms with van der Waals surface area (Å²) in [6.45, 7) is 2.89. The first kappa shape index (κ1) is 22.8. The van der Waals surface area contributed by atoms with E-state index in [2.05, 4.69) is 15.6 Å². The van der Waals surface area contributed by atoms with Crippen molar-refractivity contribution in [3.63, 3.8) is 0 Å². The van der Waals surface area contributed by atoms with Gasteiger partial charge >= 0.3 is 0 Å². The van der Waals surface area contributed by atoms with Gasteiger partial charge in [0.2, 0.25) is 0 Å². The van der Waals surface area contributed by atoms with Gasteiger partial charge in [-0.05, 0) is 49.7 Å². The molecule has 0 aliphatic rings. The minimum atomic E-state index is -0.603. The maximum Gasteiger partial charge on any atom is 0.274 e. The summed E-state index contributed by atoms with van der Waals surface area (Å²) in [5, 5.41) is 5.83. The van der Waals surface area contributed by atoms with Crippen molar-refractivity contribution in [3.8, 4) is 5.82 Å². The third-order valence-corrected chi connectivity index (χ3v) is 5.07. The number of aryl methyl sites for hydroxylation is 1. The van der Waals surface area contributed by atoms with Crippen LogP contribution in [0.5, 0.6) is 0 Å².